The zero-order valence-electron chi connectivity index (χ0n) is 18.4. The Kier molecular flexibility index (Phi) is 6.95. The topological polar surface area (TPSA) is 108 Å². The van der Waals surface area contributed by atoms with Gasteiger partial charge in [0, 0.05) is 17.2 Å². The Morgan fingerprint density at radius 3 is 2.43 bits per heavy atom. The lowest BCUT2D eigenvalue weighted by Gasteiger charge is -2.10. The van der Waals surface area contributed by atoms with Gasteiger partial charge in [0.2, 0.25) is 5.90 Å². The fourth-order valence-electron chi connectivity index (χ4n) is 3.42. The number of nitrogens with zero attached hydrogens (tertiary/aromatic N) is 2. The predicted molar refractivity (Wildman–Crippen MR) is 136 cm³/mol. The first kappa shape index (κ1) is 24.5. The van der Waals surface area contributed by atoms with Gasteiger partial charge < -0.3 is 9.47 Å². The minimum absolute atomic E-state index is 0.00992. The van der Waals surface area contributed by atoms with Crippen molar-refractivity contribution in [2.45, 2.75) is 13.8 Å². The molecule has 4 rings (SSSR count). The second-order valence-electron chi connectivity index (χ2n) is 7.62. The number of aliphatic imine (C=N–C) groups is 1. The van der Waals surface area contributed by atoms with E-state index in [9.17, 15) is 19.7 Å². The molecule has 3 aromatic rings. The number of ether oxygens (including phenoxy) is 2. The van der Waals surface area contributed by atoms with Crippen LogP contribution >= 0.6 is 31.9 Å². The van der Waals surface area contributed by atoms with Crippen LogP contribution in [0.5, 0.6) is 5.75 Å². The molecule has 0 amide bonds. The molecule has 8 nitrogen and oxygen atoms in total. The van der Waals surface area contributed by atoms with Crippen molar-refractivity contribution < 1.29 is 24.0 Å². The summed E-state index contributed by atoms with van der Waals surface area (Å²) in [5.74, 6) is -0.927. The van der Waals surface area contributed by atoms with Crippen LogP contribution in [0.15, 0.2) is 74.2 Å². The maximum absolute atomic E-state index is 12.5. The fourth-order valence-corrected chi connectivity index (χ4v) is 4.80. The van der Waals surface area contributed by atoms with Crippen LogP contribution < -0.4 is 4.74 Å². The van der Waals surface area contributed by atoms with E-state index in [2.05, 4.69) is 36.9 Å². The first-order chi connectivity index (χ1) is 16.6. The standard InChI is InChI=1S/C25H16Br2N2O6/c1-13-5-3-6-16(9-13)24(30)34-22-18(26)10-15(11-19(22)27)12-20-25(31)35-23(28-20)17-7-4-8-21(14(17)2)29(32)33/h3-12H,1-2H3/b20-12-. The average molecular weight is 600 g/mol. The summed E-state index contributed by atoms with van der Waals surface area (Å²) in [6.45, 7) is 3.45. The van der Waals surface area contributed by atoms with Crippen molar-refractivity contribution in [1.82, 2.24) is 0 Å². The Hall–Kier alpha value is -3.63. The van der Waals surface area contributed by atoms with Gasteiger partial charge in [-0.2, -0.15) is 0 Å². The van der Waals surface area contributed by atoms with Gasteiger partial charge in [-0.25, -0.2) is 14.6 Å². The summed E-state index contributed by atoms with van der Waals surface area (Å²) in [5.41, 5.74) is 2.56. The largest absolute Gasteiger partial charge is 0.421 e. The highest BCUT2D eigenvalue weighted by Crippen LogP contribution is 2.36. The van der Waals surface area contributed by atoms with Crippen molar-refractivity contribution in [3.63, 3.8) is 0 Å². The van der Waals surface area contributed by atoms with Crippen molar-refractivity contribution in [3.8, 4) is 5.75 Å². The Morgan fingerprint density at radius 2 is 1.77 bits per heavy atom. The van der Waals surface area contributed by atoms with E-state index >= 15 is 0 Å². The summed E-state index contributed by atoms with van der Waals surface area (Å²) < 4.78 is 11.8. The van der Waals surface area contributed by atoms with Crippen molar-refractivity contribution >= 4 is 61.5 Å². The molecule has 0 bridgehead atoms. The van der Waals surface area contributed by atoms with E-state index < -0.39 is 16.9 Å². The maximum atomic E-state index is 12.5. The lowest BCUT2D eigenvalue weighted by molar-refractivity contribution is -0.385. The summed E-state index contributed by atoms with van der Waals surface area (Å²) >= 11 is 6.81. The highest BCUT2D eigenvalue weighted by molar-refractivity contribution is 9.11. The summed E-state index contributed by atoms with van der Waals surface area (Å²) in [7, 11) is 0. The van der Waals surface area contributed by atoms with E-state index in [1.165, 1.54) is 18.2 Å². The van der Waals surface area contributed by atoms with Crippen molar-refractivity contribution in [2.75, 3.05) is 0 Å². The van der Waals surface area contributed by atoms with Crippen molar-refractivity contribution in [1.29, 1.82) is 0 Å². The van der Waals surface area contributed by atoms with E-state index in [4.69, 9.17) is 9.47 Å². The highest BCUT2D eigenvalue weighted by Gasteiger charge is 2.27. The first-order valence-electron chi connectivity index (χ1n) is 10.2. The fraction of sp³-hybridized carbons (Fsp3) is 0.0800. The van der Waals surface area contributed by atoms with Crippen LogP contribution in [0.2, 0.25) is 0 Å². The molecular formula is C25H16Br2N2O6. The number of carbonyl (C=O) groups excluding carboxylic acids is 2. The van der Waals surface area contributed by atoms with Crippen molar-refractivity contribution in [3.05, 3.63) is 107 Å². The second-order valence-corrected chi connectivity index (χ2v) is 9.32. The molecule has 1 aliphatic rings. The molecule has 0 unspecified atom stereocenters. The molecule has 0 saturated carbocycles. The van der Waals surface area contributed by atoms with Crippen LogP contribution in [-0.4, -0.2) is 22.8 Å². The molecule has 35 heavy (non-hydrogen) atoms. The smallest absolute Gasteiger partial charge is 0.363 e. The van der Waals surface area contributed by atoms with Crippen LogP contribution in [0.1, 0.15) is 32.6 Å². The zero-order chi connectivity index (χ0) is 25.3. The van der Waals surface area contributed by atoms with E-state index in [1.54, 1.807) is 43.3 Å². The third-order valence-electron chi connectivity index (χ3n) is 5.13. The molecule has 3 aromatic carbocycles. The second kappa shape index (κ2) is 9.93. The molecule has 0 saturated heterocycles. The lowest BCUT2D eigenvalue weighted by Crippen LogP contribution is -2.09. The van der Waals surface area contributed by atoms with Crippen LogP contribution in [0.25, 0.3) is 6.08 Å². The molecule has 0 atom stereocenters. The van der Waals surface area contributed by atoms with Gasteiger partial charge in [0.25, 0.3) is 5.69 Å². The van der Waals surface area contributed by atoms with E-state index in [1.807, 2.05) is 13.0 Å². The monoisotopic (exact) mass is 598 g/mol. The highest BCUT2D eigenvalue weighted by atomic mass is 79.9. The number of nitro groups is 1. The number of halogens is 2. The van der Waals surface area contributed by atoms with Crippen LogP contribution in [0.4, 0.5) is 5.69 Å². The van der Waals surface area contributed by atoms with Crippen LogP contribution in [0.3, 0.4) is 0 Å². The number of carbonyl (C=O) groups is 2. The van der Waals surface area contributed by atoms with Gasteiger partial charge in [-0.05, 0) is 87.7 Å². The van der Waals surface area contributed by atoms with Gasteiger partial charge in [-0.1, -0.05) is 23.8 Å². The molecule has 10 heteroatoms. The Labute approximate surface area is 216 Å². The number of rotatable bonds is 5. The Bertz CT molecular complexity index is 1440. The number of hydrogen-bond donors (Lipinski definition) is 0. The molecule has 0 spiro atoms. The molecular weight excluding hydrogens is 584 g/mol. The summed E-state index contributed by atoms with van der Waals surface area (Å²) in [4.78, 5) is 39.9. The number of cyclic esters (lactones) is 1. The number of benzene rings is 3. The molecule has 0 N–H and O–H groups in total. The van der Waals surface area contributed by atoms with Crippen molar-refractivity contribution in [2.24, 2.45) is 4.99 Å². The molecule has 176 valence electrons. The predicted octanol–water partition coefficient (Wildman–Crippen LogP) is 6.30. The normalized spacial score (nSPS) is 14.0. The van der Waals surface area contributed by atoms with E-state index in [-0.39, 0.29) is 23.0 Å². The third-order valence-corrected chi connectivity index (χ3v) is 6.30. The van der Waals surface area contributed by atoms with Gasteiger partial charge in [0.1, 0.15) is 0 Å². The lowest BCUT2D eigenvalue weighted by atomic mass is 10.1. The molecule has 1 heterocycles. The number of hydrogen-bond acceptors (Lipinski definition) is 7. The first-order valence-corrected chi connectivity index (χ1v) is 11.8. The molecule has 0 aromatic heterocycles. The Balaban J connectivity index is 1.62. The quantitative estimate of drug-likeness (QED) is 0.112. The van der Waals surface area contributed by atoms with Crippen LogP contribution in [-0.2, 0) is 9.53 Å². The van der Waals surface area contributed by atoms with E-state index in [0.29, 0.717) is 31.2 Å². The summed E-state index contributed by atoms with van der Waals surface area (Å²) in [6.07, 6.45) is 1.50. The minimum atomic E-state index is -0.687. The van der Waals surface area contributed by atoms with Gasteiger partial charge in [-0.3, -0.25) is 10.1 Å². The molecule has 0 fully saturated rings. The SMILES string of the molecule is Cc1cccc(C(=O)Oc2c(Br)cc(/C=C3\N=C(c4cccc([N+](=O)[O-])c4C)OC3=O)cc2Br)c1. The van der Waals surface area contributed by atoms with Gasteiger partial charge in [-0.15, -0.1) is 0 Å². The number of aryl methyl sites for hydroxylation is 1. The molecule has 0 aliphatic carbocycles. The molecule has 1 aliphatic heterocycles. The molecule has 0 radical (unpaired) electrons. The zero-order valence-corrected chi connectivity index (χ0v) is 21.5. The Morgan fingerprint density at radius 1 is 1.09 bits per heavy atom. The average Bonchev–Trinajstić information content (AvgIpc) is 3.15. The van der Waals surface area contributed by atoms with Crippen LogP contribution in [0, 0.1) is 24.0 Å². The maximum Gasteiger partial charge on any atom is 0.363 e. The van der Waals surface area contributed by atoms with Gasteiger partial charge >= 0.3 is 11.9 Å². The number of nitro benzene ring substituents is 1. The van der Waals surface area contributed by atoms with E-state index in [0.717, 1.165) is 5.56 Å². The summed E-state index contributed by atoms with van der Waals surface area (Å²) in [6, 6.07) is 14.9. The minimum Gasteiger partial charge on any atom is -0.421 e. The number of esters is 2. The van der Waals surface area contributed by atoms with Gasteiger partial charge in [0.05, 0.1) is 19.4 Å². The third kappa shape index (κ3) is 5.23. The summed E-state index contributed by atoms with van der Waals surface area (Å²) in [5, 5.41) is 11.2. The van der Waals surface area contributed by atoms with Gasteiger partial charge in [0.15, 0.2) is 11.4 Å².